The molecule has 2 N–H and O–H groups in total. The number of hydrogen-bond donors (Lipinski definition) is 2. The lowest BCUT2D eigenvalue weighted by molar-refractivity contribution is 0.00240. The first-order valence-corrected chi connectivity index (χ1v) is 7.85. The topological polar surface area (TPSA) is 91.1 Å². The monoisotopic (exact) mass is 326 g/mol. The van der Waals surface area contributed by atoms with Crippen LogP contribution >= 0.6 is 0 Å². The van der Waals surface area contributed by atoms with Crippen LogP contribution in [0, 0.1) is 25.2 Å². The molecule has 24 heavy (non-hydrogen) atoms. The fourth-order valence-electron chi connectivity index (χ4n) is 2.22. The van der Waals surface area contributed by atoms with Gasteiger partial charge in [0.2, 0.25) is 0 Å². The predicted octanol–water partition coefficient (Wildman–Crippen LogP) is 2.52. The van der Waals surface area contributed by atoms with E-state index in [-0.39, 0.29) is 19.3 Å². The van der Waals surface area contributed by atoms with E-state index in [1.807, 2.05) is 44.2 Å². The Bertz CT molecular complexity index is 713. The van der Waals surface area contributed by atoms with E-state index in [1.54, 1.807) is 6.92 Å². The van der Waals surface area contributed by atoms with Gasteiger partial charge in [-0.3, -0.25) is 0 Å². The second-order valence-corrected chi connectivity index (χ2v) is 5.67. The van der Waals surface area contributed by atoms with Gasteiger partial charge in [0.25, 0.3) is 0 Å². The van der Waals surface area contributed by atoms with Crippen LogP contribution in [0.1, 0.15) is 35.4 Å². The molecule has 1 aromatic carbocycles. The number of nitrogens with one attached hydrogen (secondary N) is 1. The lowest BCUT2D eigenvalue weighted by Crippen LogP contribution is -2.26. The van der Waals surface area contributed by atoms with Crippen molar-refractivity contribution in [2.24, 2.45) is 0 Å². The van der Waals surface area contributed by atoms with Gasteiger partial charge in [0.05, 0.1) is 24.5 Å². The van der Waals surface area contributed by atoms with E-state index in [0.717, 1.165) is 16.8 Å². The Kier molecular flexibility index (Phi) is 6.24. The number of nitriles is 1. The second kappa shape index (κ2) is 8.39. The third-order valence-corrected chi connectivity index (χ3v) is 3.88. The van der Waals surface area contributed by atoms with Crippen molar-refractivity contribution in [2.45, 2.75) is 33.0 Å². The molecule has 0 aliphatic heterocycles. The molecule has 0 spiro atoms. The van der Waals surface area contributed by atoms with Crippen LogP contribution in [0.3, 0.4) is 0 Å². The number of anilines is 1. The van der Waals surface area contributed by atoms with Crippen LogP contribution in [0.25, 0.3) is 0 Å². The van der Waals surface area contributed by atoms with Gasteiger partial charge in [-0.2, -0.15) is 10.4 Å². The standard InChI is InChI=1S/C18H22N4O2/c1-12-13(2)21-22-18(17(12)9-19)20-10-16(23)11-24-14(3)15-7-5-4-6-8-15/h4-8,14,16,23H,10-11H2,1-3H3,(H,20,22)/t14-,16-/m1/s1. The number of aryl methyl sites for hydroxylation is 1. The molecule has 0 fully saturated rings. The molecule has 0 unspecified atom stereocenters. The van der Waals surface area contributed by atoms with Crippen LogP contribution in [-0.2, 0) is 4.74 Å². The Labute approximate surface area is 142 Å². The lowest BCUT2D eigenvalue weighted by atomic mass is 10.1. The zero-order valence-corrected chi connectivity index (χ0v) is 14.2. The Hall–Kier alpha value is -2.49. The Morgan fingerprint density at radius 2 is 1.96 bits per heavy atom. The molecule has 1 aromatic heterocycles. The molecule has 0 aliphatic carbocycles. The molecular weight excluding hydrogens is 304 g/mol. The van der Waals surface area contributed by atoms with Crippen LogP contribution in [0.15, 0.2) is 30.3 Å². The Morgan fingerprint density at radius 3 is 2.62 bits per heavy atom. The smallest absolute Gasteiger partial charge is 0.167 e. The molecule has 2 rings (SSSR count). The number of rotatable bonds is 7. The minimum Gasteiger partial charge on any atom is -0.389 e. The quantitative estimate of drug-likeness (QED) is 0.812. The summed E-state index contributed by atoms with van der Waals surface area (Å²) in [6.07, 6.45) is -0.817. The predicted molar refractivity (Wildman–Crippen MR) is 91.5 cm³/mol. The first-order valence-electron chi connectivity index (χ1n) is 7.85. The third-order valence-electron chi connectivity index (χ3n) is 3.88. The van der Waals surface area contributed by atoms with Crippen LogP contribution in [0.4, 0.5) is 5.82 Å². The maximum Gasteiger partial charge on any atom is 0.167 e. The lowest BCUT2D eigenvalue weighted by Gasteiger charge is -2.18. The molecule has 0 amide bonds. The van der Waals surface area contributed by atoms with Gasteiger partial charge in [0, 0.05) is 6.54 Å². The molecule has 1 heterocycles. The molecular formula is C18H22N4O2. The number of nitrogens with zero attached hydrogens (tertiary/aromatic N) is 3. The van der Waals surface area contributed by atoms with Crippen LogP contribution in [0.5, 0.6) is 0 Å². The molecule has 0 saturated carbocycles. The highest BCUT2D eigenvalue weighted by Gasteiger charge is 2.13. The maximum atomic E-state index is 10.1. The Morgan fingerprint density at radius 1 is 1.25 bits per heavy atom. The molecule has 6 nitrogen and oxygen atoms in total. The number of hydrogen-bond acceptors (Lipinski definition) is 6. The van der Waals surface area contributed by atoms with Gasteiger partial charge in [0.1, 0.15) is 11.6 Å². The van der Waals surface area contributed by atoms with Gasteiger partial charge in [-0.1, -0.05) is 30.3 Å². The number of benzene rings is 1. The van der Waals surface area contributed by atoms with Crippen molar-refractivity contribution in [1.29, 1.82) is 5.26 Å². The third kappa shape index (κ3) is 4.51. The summed E-state index contributed by atoms with van der Waals surface area (Å²) >= 11 is 0. The SMILES string of the molecule is Cc1nnc(NC[C@@H](O)CO[C@H](C)c2ccccc2)c(C#N)c1C. The van der Waals surface area contributed by atoms with Crippen molar-refractivity contribution in [1.82, 2.24) is 10.2 Å². The van der Waals surface area contributed by atoms with Crippen molar-refractivity contribution < 1.29 is 9.84 Å². The zero-order chi connectivity index (χ0) is 17.5. The van der Waals surface area contributed by atoms with Crippen LogP contribution in [0.2, 0.25) is 0 Å². The first kappa shape index (κ1) is 17.9. The molecule has 0 bridgehead atoms. The van der Waals surface area contributed by atoms with Gasteiger partial charge in [-0.25, -0.2) is 0 Å². The fraction of sp³-hybridized carbons (Fsp3) is 0.389. The number of aliphatic hydroxyl groups is 1. The van der Waals surface area contributed by atoms with Crippen molar-refractivity contribution in [3.63, 3.8) is 0 Å². The largest absolute Gasteiger partial charge is 0.389 e. The highest BCUT2D eigenvalue weighted by atomic mass is 16.5. The Balaban J connectivity index is 1.87. The van der Waals surface area contributed by atoms with Gasteiger partial charge in [-0.05, 0) is 31.9 Å². The van der Waals surface area contributed by atoms with Crippen LogP contribution in [-0.4, -0.2) is 34.6 Å². The summed E-state index contributed by atoms with van der Waals surface area (Å²) in [7, 11) is 0. The van der Waals surface area contributed by atoms with Crippen LogP contribution < -0.4 is 5.32 Å². The maximum absolute atomic E-state index is 10.1. The molecule has 0 saturated heterocycles. The highest BCUT2D eigenvalue weighted by molar-refractivity contribution is 5.55. The van der Waals surface area contributed by atoms with E-state index < -0.39 is 6.10 Å². The first-order chi connectivity index (χ1) is 11.5. The molecule has 0 aliphatic rings. The minimum atomic E-state index is -0.717. The van der Waals surface area contributed by atoms with Gasteiger partial charge >= 0.3 is 0 Å². The van der Waals surface area contributed by atoms with Gasteiger partial charge < -0.3 is 15.2 Å². The summed E-state index contributed by atoms with van der Waals surface area (Å²) in [5, 5.41) is 30.3. The average Bonchev–Trinajstić information content (AvgIpc) is 2.61. The van der Waals surface area contributed by atoms with Crippen molar-refractivity contribution >= 4 is 5.82 Å². The molecule has 2 atom stereocenters. The molecule has 0 radical (unpaired) electrons. The highest BCUT2D eigenvalue weighted by Crippen LogP contribution is 2.18. The van der Waals surface area contributed by atoms with Gasteiger partial charge in [-0.15, -0.1) is 5.10 Å². The van der Waals surface area contributed by atoms with Gasteiger partial charge in [0.15, 0.2) is 5.82 Å². The normalized spacial score (nSPS) is 13.1. The molecule has 2 aromatic rings. The summed E-state index contributed by atoms with van der Waals surface area (Å²) in [6.45, 7) is 5.99. The van der Waals surface area contributed by atoms with E-state index in [4.69, 9.17) is 4.74 Å². The minimum absolute atomic E-state index is 0.100. The molecule has 126 valence electrons. The second-order valence-electron chi connectivity index (χ2n) is 5.67. The summed E-state index contributed by atoms with van der Waals surface area (Å²) in [6, 6.07) is 12.0. The van der Waals surface area contributed by atoms with E-state index >= 15 is 0 Å². The summed E-state index contributed by atoms with van der Waals surface area (Å²) in [4.78, 5) is 0. The van der Waals surface area contributed by atoms with E-state index in [1.165, 1.54) is 0 Å². The van der Waals surface area contributed by atoms with E-state index in [2.05, 4.69) is 21.6 Å². The fourth-order valence-corrected chi connectivity index (χ4v) is 2.22. The summed E-state index contributed by atoms with van der Waals surface area (Å²) in [5.41, 5.74) is 3.02. The summed E-state index contributed by atoms with van der Waals surface area (Å²) < 4.78 is 5.69. The van der Waals surface area contributed by atoms with Crippen molar-refractivity contribution in [3.05, 3.63) is 52.7 Å². The number of aromatic nitrogens is 2. The van der Waals surface area contributed by atoms with E-state index in [0.29, 0.717) is 11.4 Å². The molecule has 6 heteroatoms. The van der Waals surface area contributed by atoms with Crippen molar-refractivity contribution in [3.8, 4) is 6.07 Å². The number of ether oxygens (including phenoxy) is 1. The summed E-state index contributed by atoms with van der Waals surface area (Å²) in [5.74, 6) is 0.385. The zero-order valence-electron chi connectivity index (χ0n) is 14.2. The number of aliphatic hydroxyl groups excluding tert-OH is 1. The average molecular weight is 326 g/mol. The van der Waals surface area contributed by atoms with Crippen molar-refractivity contribution in [2.75, 3.05) is 18.5 Å². The van der Waals surface area contributed by atoms with E-state index in [9.17, 15) is 10.4 Å².